The molecule has 1 fully saturated rings. The molecule has 1 aliphatic heterocycles. The number of likely N-dealkylation sites (tertiary alicyclic amines) is 1. The minimum Gasteiger partial charge on any atom is -0.404 e. The number of piperidine rings is 1. The maximum atomic E-state index is 10.7. The zero-order valence-electron chi connectivity index (χ0n) is 10.5. The van der Waals surface area contributed by atoms with E-state index in [2.05, 4.69) is 11.8 Å². The van der Waals surface area contributed by atoms with E-state index in [0.717, 1.165) is 32.4 Å². The van der Waals surface area contributed by atoms with E-state index >= 15 is 0 Å². The Morgan fingerprint density at radius 1 is 1.61 bits per heavy atom. The third-order valence-electron chi connectivity index (χ3n) is 3.38. The molecule has 18 heavy (non-hydrogen) atoms. The molecule has 0 saturated carbocycles. The second kappa shape index (κ2) is 5.49. The number of hydrogen-bond acceptors (Lipinski definition) is 5. The van der Waals surface area contributed by atoms with Gasteiger partial charge >= 0.3 is 5.88 Å². The third kappa shape index (κ3) is 2.54. The summed E-state index contributed by atoms with van der Waals surface area (Å²) in [5, 5.41) is 10.7. The van der Waals surface area contributed by atoms with Gasteiger partial charge in [-0.3, -0.25) is 15.0 Å². The molecule has 0 aliphatic carbocycles. The van der Waals surface area contributed by atoms with Crippen molar-refractivity contribution in [1.29, 1.82) is 0 Å². The molecule has 100 valence electrons. The van der Waals surface area contributed by atoms with Gasteiger partial charge in [0.25, 0.3) is 0 Å². The zero-order chi connectivity index (χ0) is 13.1. The van der Waals surface area contributed by atoms with Gasteiger partial charge in [0, 0.05) is 6.04 Å². The van der Waals surface area contributed by atoms with Crippen LogP contribution in [0, 0.1) is 10.1 Å². The lowest BCUT2D eigenvalue weighted by Gasteiger charge is -2.38. The fourth-order valence-electron chi connectivity index (χ4n) is 2.63. The molecule has 2 atom stereocenters. The summed E-state index contributed by atoms with van der Waals surface area (Å²) in [5.74, 6) is 0.404. The highest BCUT2D eigenvalue weighted by Crippen LogP contribution is 2.32. The Morgan fingerprint density at radius 2 is 2.39 bits per heavy atom. The highest BCUT2D eigenvalue weighted by atomic mass is 16.6. The number of rotatable bonds is 4. The molecular weight excluding hydrogens is 234 g/mol. The van der Waals surface area contributed by atoms with Crippen molar-refractivity contribution in [2.24, 2.45) is 5.73 Å². The van der Waals surface area contributed by atoms with Gasteiger partial charge in [-0.15, -0.1) is 0 Å². The number of nitro groups is 1. The normalized spacial score (nSPS) is 25.2. The minimum absolute atomic E-state index is 0.0175. The maximum Gasteiger partial charge on any atom is 0.433 e. The van der Waals surface area contributed by atoms with Crippen molar-refractivity contribution < 1.29 is 9.34 Å². The lowest BCUT2D eigenvalue weighted by molar-refractivity contribution is -0.402. The molecule has 6 heteroatoms. The van der Waals surface area contributed by atoms with E-state index in [0.29, 0.717) is 5.76 Å². The molecule has 2 rings (SSSR count). The van der Waals surface area contributed by atoms with Gasteiger partial charge in [0.2, 0.25) is 0 Å². The lowest BCUT2D eigenvalue weighted by Crippen LogP contribution is -2.45. The Bertz CT molecular complexity index is 416. The van der Waals surface area contributed by atoms with Gasteiger partial charge in [0.15, 0.2) is 0 Å². The summed E-state index contributed by atoms with van der Waals surface area (Å²) in [4.78, 5) is 12.4. The topological polar surface area (TPSA) is 85.5 Å². The van der Waals surface area contributed by atoms with Crippen molar-refractivity contribution in [3.05, 3.63) is 28.0 Å². The van der Waals surface area contributed by atoms with Crippen molar-refractivity contribution >= 4 is 5.88 Å². The Labute approximate surface area is 106 Å². The van der Waals surface area contributed by atoms with Crippen molar-refractivity contribution in [3.8, 4) is 0 Å². The summed E-state index contributed by atoms with van der Waals surface area (Å²) >= 11 is 0. The Balaban J connectivity index is 2.22. The molecule has 2 unspecified atom stereocenters. The van der Waals surface area contributed by atoms with Gasteiger partial charge in [0.1, 0.15) is 10.7 Å². The van der Waals surface area contributed by atoms with E-state index in [-0.39, 0.29) is 18.0 Å². The van der Waals surface area contributed by atoms with Crippen LogP contribution in [0.4, 0.5) is 5.88 Å². The Hall–Kier alpha value is -1.40. The number of nitrogens with two attached hydrogens (primary N) is 1. The van der Waals surface area contributed by atoms with Crippen LogP contribution in [0.3, 0.4) is 0 Å². The predicted molar refractivity (Wildman–Crippen MR) is 67.2 cm³/mol. The molecule has 2 heterocycles. The fraction of sp³-hybridized carbons (Fsp3) is 0.667. The monoisotopic (exact) mass is 253 g/mol. The molecular formula is C12H19N3O3. The van der Waals surface area contributed by atoms with Crippen LogP contribution in [-0.4, -0.2) is 29.0 Å². The first-order valence-electron chi connectivity index (χ1n) is 6.37. The number of nitrogens with zero attached hydrogens (tertiary/aromatic N) is 2. The van der Waals surface area contributed by atoms with Gasteiger partial charge < -0.3 is 10.2 Å². The summed E-state index contributed by atoms with van der Waals surface area (Å²) in [6.07, 6.45) is 3.03. The molecule has 0 amide bonds. The largest absolute Gasteiger partial charge is 0.433 e. The molecule has 2 N–H and O–H groups in total. The van der Waals surface area contributed by atoms with Crippen LogP contribution in [0.1, 0.15) is 38.0 Å². The van der Waals surface area contributed by atoms with Crippen molar-refractivity contribution in [2.45, 2.75) is 38.3 Å². The molecule has 0 aromatic carbocycles. The van der Waals surface area contributed by atoms with Crippen LogP contribution < -0.4 is 5.73 Å². The van der Waals surface area contributed by atoms with Crippen LogP contribution in [0.15, 0.2) is 16.5 Å². The fourth-order valence-corrected chi connectivity index (χ4v) is 2.63. The first kappa shape index (κ1) is 13.0. The van der Waals surface area contributed by atoms with Crippen molar-refractivity contribution in [2.75, 3.05) is 13.1 Å². The zero-order valence-corrected chi connectivity index (χ0v) is 10.5. The predicted octanol–water partition coefficient (Wildman–Crippen LogP) is 2.06. The molecule has 1 aromatic rings. The quantitative estimate of drug-likeness (QED) is 0.655. The number of hydrogen-bond donors (Lipinski definition) is 1. The van der Waals surface area contributed by atoms with Gasteiger partial charge in [0.05, 0.1) is 12.1 Å². The smallest absolute Gasteiger partial charge is 0.404 e. The van der Waals surface area contributed by atoms with Crippen LogP contribution >= 0.6 is 0 Å². The van der Waals surface area contributed by atoms with Crippen LogP contribution in [-0.2, 0) is 0 Å². The first-order chi connectivity index (χ1) is 8.63. The summed E-state index contributed by atoms with van der Waals surface area (Å²) < 4.78 is 5.31. The van der Waals surface area contributed by atoms with Crippen LogP contribution in [0.25, 0.3) is 0 Å². The van der Waals surface area contributed by atoms with E-state index in [1.54, 1.807) is 6.07 Å². The summed E-state index contributed by atoms with van der Waals surface area (Å²) in [6, 6.07) is 3.03. The van der Waals surface area contributed by atoms with Gasteiger partial charge in [-0.05, 0) is 38.4 Å². The average molecular weight is 253 g/mol. The standard InChI is InChI=1S/C12H19N3O3/c1-2-7-14-8-3-4-9(13)12(14)10-5-6-11(18-10)15(16)17/h5-6,9,12H,2-4,7-8,13H2,1H3. The minimum atomic E-state index is -0.512. The van der Waals surface area contributed by atoms with Crippen LogP contribution in [0.5, 0.6) is 0 Å². The van der Waals surface area contributed by atoms with Gasteiger partial charge in [-0.25, -0.2) is 0 Å². The van der Waals surface area contributed by atoms with Crippen molar-refractivity contribution in [1.82, 2.24) is 4.90 Å². The second-order valence-corrected chi connectivity index (χ2v) is 4.72. The number of furan rings is 1. The van der Waals surface area contributed by atoms with E-state index in [9.17, 15) is 10.1 Å². The summed E-state index contributed by atoms with van der Waals surface area (Å²) in [5.41, 5.74) is 6.15. The first-order valence-corrected chi connectivity index (χ1v) is 6.37. The molecule has 0 spiro atoms. The van der Waals surface area contributed by atoms with Crippen molar-refractivity contribution in [3.63, 3.8) is 0 Å². The summed E-state index contributed by atoms with van der Waals surface area (Å²) in [7, 11) is 0. The van der Waals surface area contributed by atoms with E-state index in [4.69, 9.17) is 10.2 Å². The highest BCUT2D eigenvalue weighted by molar-refractivity contribution is 5.21. The second-order valence-electron chi connectivity index (χ2n) is 4.72. The SMILES string of the molecule is CCCN1CCCC(N)C1c1ccc([N+](=O)[O-])o1. The molecule has 1 aromatic heterocycles. The molecule has 1 saturated heterocycles. The highest BCUT2D eigenvalue weighted by Gasteiger charge is 2.33. The van der Waals surface area contributed by atoms with Crippen LogP contribution in [0.2, 0.25) is 0 Å². The molecule has 1 aliphatic rings. The third-order valence-corrected chi connectivity index (χ3v) is 3.38. The summed E-state index contributed by atoms with van der Waals surface area (Å²) in [6.45, 7) is 4.02. The maximum absolute atomic E-state index is 10.7. The Kier molecular flexibility index (Phi) is 3.98. The Morgan fingerprint density at radius 3 is 3.00 bits per heavy atom. The molecule has 0 bridgehead atoms. The van der Waals surface area contributed by atoms with Gasteiger partial charge in [-0.1, -0.05) is 6.92 Å². The van der Waals surface area contributed by atoms with E-state index in [1.165, 1.54) is 6.07 Å². The lowest BCUT2D eigenvalue weighted by atomic mass is 9.95. The van der Waals surface area contributed by atoms with E-state index in [1.807, 2.05) is 0 Å². The average Bonchev–Trinajstić information content (AvgIpc) is 2.79. The van der Waals surface area contributed by atoms with Gasteiger partial charge in [-0.2, -0.15) is 0 Å². The molecule has 0 radical (unpaired) electrons. The molecule has 6 nitrogen and oxygen atoms in total. The van der Waals surface area contributed by atoms with E-state index < -0.39 is 4.92 Å².